The van der Waals surface area contributed by atoms with E-state index in [1.165, 1.54) is 54.2 Å². The molecule has 4 aliphatic carbocycles. The van der Waals surface area contributed by atoms with Crippen molar-refractivity contribution < 1.29 is 4.79 Å². The quantitative estimate of drug-likeness (QED) is 0.680. The number of thioether (sulfide) groups is 1. The van der Waals surface area contributed by atoms with E-state index in [-0.39, 0.29) is 5.91 Å². The summed E-state index contributed by atoms with van der Waals surface area (Å²) >= 11 is 1.65. The number of amides is 1. The smallest absolute Gasteiger partial charge is 0.230 e. The van der Waals surface area contributed by atoms with Crippen molar-refractivity contribution in [3.63, 3.8) is 0 Å². The fourth-order valence-corrected chi connectivity index (χ4v) is 7.31. The molecule has 4 aliphatic rings. The van der Waals surface area contributed by atoms with Gasteiger partial charge in [-0.2, -0.15) is 0 Å². The Balaban J connectivity index is 1.20. The van der Waals surface area contributed by atoms with E-state index in [1.54, 1.807) is 11.8 Å². The van der Waals surface area contributed by atoms with Gasteiger partial charge in [0, 0.05) is 10.9 Å². The molecule has 0 aliphatic heterocycles. The van der Waals surface area contributed by atoms with Crippen LogP contribution < -0.4 is 5.32 Å². The first kappa shape index (κ1) is 17.6. The first-order valence-corrected chi connectivity index (χ1v) is 11.5. The Labute approximate surface area is 166 Å². The molecule has 4 fully saturated rings. The number of carbonyl (C=O) groups excluding carboxylic acids is 1. The van der Waals surface area contributed by atoms with Gasteiger partial charge in [0.15, 0.2) is 0 Å². The van der Waals surface area contributed by atoms with Gasteiger partial charge in [-0.3, -0.25) is 4.79 Å². The van der Waals surface area contributed by atoms with Gasteiger partial charge < -0.3 is 5.32 Å². The predicted octanol–water partition coefficient (Wildman–Crippen LogP) is 5.65. The molecule has 6 rings (SSSR count). The summed E-state index contributed by atoms with van der Waals surface area (Å²) in [6.07, 6.45) is 8.40. The first-order valence-electron chi connectivity index (χ1n) is 10.5. The summed E-state index contributed by atoms with van der Waals surface area (Å²) in [4.78, 5) is 13.8. The van der Waals surface area contributed by atoms with Gasteiger partial charge in [-0.25, -0.2) is 0 Å². The molecule has 1 atom stereocenters. The van der Waals surface area contributed by atoms with Gasteiger partial charge >= 0.3 is 0 Å². The SMILES string of the molecule is C[C@H](NC(=O)CSc1ccc2ccccc2c1)C12CC3CC(CC(C3)C1)C2. The van der Waals surface area contributed by atoms with E-state index < -0.39 is 0 Å². The van der Waals surface area contributed by atoms with Crippen molar-refractivity contribution in [2.75, 3.05) is 5.75 Å². The van der Waals surface area contributed by atoms with Crippen LogP contribution in [0, 0.1) is 23.2 Å². The number of fused-ring (bicyclic) bond motifs is 1. The zero-order valence-electron chi connectivity index (χ0n) is 16.1. The van der Waals surface area contributed by atoms with Crippen molar-refractivity contribution in [2.24, 2.45) is 23.2 Å². The van der Waals surface area contributed by atoms with Crippen LogP contribution in [-0.2, 0) is 4.79 Å². The van der Waals surface area contributed by atoms with Gasteiger partial charge in [-0.15, -0.1) is 11.8 Å². The second-order valence-corrected chi connectivity index (χ2v) is 10.4. The van der Waals surface area contributed by atoms with E-state index >= 15 is 0 Å². The highest BCUT2D eigenvalue weighted by atomic mass is 32.2. The summed E-state index contributed by atoms with van der Waals surface area (Å²) in [5.41, 5.74) is 0.387. The Morgan fingerprint density at radius 1 is 1.04 bits per heavy atom. The molecule has 27 heavy (non-hydrogen) atoms. The minimum absolute atomic E-state index is 0.191. The second-order valence-electron chi connectivity index (χ2n) is 9.37. The fourth-order valence-electron chi connectivity index (χ4n) is 6.55. The summed E-state index contributed by atoms with van der Waals surface area (Å²) in [7, 11) is 0. The van der Waals surface area contributed by atoms with Crippen molar-refractivity contribution >= 4 is 28.4 Å². The normalized spacial score (nSPS) is 32.6. The second kappa shape index (κ2) is 6.84. The molecule has 2 aromatic carbocycles. The average molecular weight is 380 g/mol. The van der Waals surface area contributed by atoms with Crippen molar-refractivity contribution in [1.82, 2.24) is 5.32 Å². The van der Waals surface area contributed by atoms with Crippen LogP contribution >= 0.6 is 11.8 Å². The van der Waals surface area contributed by atoms with Crippen LogP contribution in [0.1, 0.15) is 45.4 Å². The van der Waals surface area contributed by atoms with Crippen molar-refractivity contribution in [2.45, 2.75) is 56.4 Å². The van der Waals surface area contributed by atoms with Gasteiger partial charge in [0.1, 0.15) is 0 Å². The molecular formula is C24H29NOS. The van der Waals surface area contributed by atoms with Crippen LogP contribution in [0.15, 0.2) is 47.4 Å². The summed E-state index contributed by atoms with van der Waals surface area (Å²) in [5.74, 6) is 3.50. The Kier molecular flexibility index (Phi) is 4.46. The van der Waals surface area contributed by atoms with E-state index in [0.29, 0.717) is 17.2 Å². The molecule has 2 nitrogen and oxygen atoms in total. The first-order chi connectivity index (χ1) is 13.1. The maximum atomic E-state index is 12.7. The van der Waals surface area contributed by atoms with Crippen LogP contribution in [-0.4, -0.2) is 17.7 Å². The van der Waals surface area contributed by atoms with Gasteiger partial charge in [0.25, 0.3) is 0 Å². The van der Waals surface area contributed by atoms with E-state index in [1.807, 2.05) is 0 Å². The largest absolute Gasteiger partial charge is 0.352 e. The molecule has 142 valence electrons. The molecule has 0 spiro atoms. The Bertz CT molecular complexity index is 825. The lowest BCUT2D eigenvalue weighted by Crippen LogP contribution is -2.56. The molecule has 3 heteroatoms. The average Bonchev–Trinajstić information content (AvgIpc) is 2.65. The molecule has 0 unspecified atom stereocenters. The van der Waals surface area contributed by atoms with Gasteiger partial charge in [-0.05, 0) is 91.5 Å². The lowest BCUT2D eigenvalue weighted by molar-refractivity contribution is -0.123. The van der Waals surface area contributed by atoms with Crippen LogP contribution in [0.3, 0.4) is 0 Å². The van der Waals surface area contributed by atoms with E-state index in [0.717, 1.165) is 17.8 Å². The maximum Gasteiger partial charge on any atom is 0.230 e. The third-order valence-corrected chi connectivity index (χ3v) is 8.47. The van der Waals surface area contributed by atoms with E-state index in [2.05, 4.69) is 54.7 Å². The Morgan fingerprint density at radius 3 is 2.33 bits per heavy atom. The minimum Gasteiger partial charge on any atom is -0.352 e. The van der Waals surface area contributed by atoms with Crippen LogP contribution in [0.25, 0.3) is 10.8 Å². The Morgan fingerprint density at radius 2 is 1.67 bits per heavy atom. The zero-order chi connectivity index (χ0) is 18.4. The van der Waals surface area contributed by atoms with Crippen LogP contribution in [0.2, 0.25) is 0 Å². The molecule has 0 heterocycles. The molecule has 0 aromatic heterocycles. The number of benzene rings is 2. The molecule has 1 amide bonds. The molecule has 1 N–H and O–H groups in total. The van der Waals surface area contributed by atoms with Crippen molar-refractivity contribution in [1.29, 1.82) is 0 Å². The molecule has 4 bridgehead atoms. The minimum atomic E-state index is 0.191. The lowest BCUT2D eigenvalue weighted by Gasteiger charge is -2.59. The number of rotatable bonds is 5. The standard InChI is InChI=1S/C24H29NOS/c1-16(24-12-17-8-18(13-24)10-19(9-17)14-24)25-23(26)15-27-22-7-6-20-4-2-3-5-21(20)11-22/h2-7,11,16-19H,8-10,12-15H2,1H3,(H,25,26)/t16-,17?,18?,19?,24?/m0/s1. The number of hydrogen-bond donors (Lipinski definition) is 1. The Hall–Kier alpha value is -1.48. The molecular weight excluding hydrogens is 350 g/mol. The van der Waals surface area contributed by atoms with E-state index in [4.69, 9.17) is 0 Å². The summed E-state index contributed by atoms with van der Waals surface area (Å²) in [5, 5.41) is 5.88. The fraction of sp³-hybridized carbons (Fsp3) is 0.542. The molecule has 4 saturated carbocycles. The maximum absolute atomic E-state index is 12.7. The van der Waals surface area contributed by atoms with Gasteiger partial charge in [-0.1, -0.05) is 30.3 Å². The van der Waals surface area contributed by atoms with Gasteiger partial charge in [0.2, 0.25) is 5.91 Å². The summed E-state index contributed by atoms with van der Waals surface area (Å²) in [6, 6.07) is 15.2. The topological polar surface area (TPSA) is 29.1 Å². The number of hydrogen-bond acceptors (Lipinski definition) is 2. The third-order valence-electron chi connectivity index (χ3n) is 7.47. The predicted molar refractivity (Wildman–Crippen MR) is 113 cm³/mol. The lowest BCUT2D eigenvalue weighted by atomic mass is 9.48. The van der Waals surface area contributed by atoms with Crippen LogP contribution in [0.5, 0.6) is 0 Å². The monoisotopic (exact) mass is 379 g/mol. The van der Waals surface area contributed by atoms with Crippen LogP contribution in [0.4, 0.5) is 0 Å². The highest BCUT2D eigenvalue weighted by Crippen LogP contribution is 2.61. The molecule has 0 saturated heterocycles. The summed E-state index contributed by atoms with van der Waals surface area (Å²) < 4.78 is 0. The molecule has 0 radical (unpaired) electrons. The molecule has 2 aromatic rings. The highest BCUT2D eigenvalue weighted by Gasteiger charge is 2.53. The number of carbonyl (C=O) groups is 1. The zero-order valence-corrected chi connectivity index (χ0v) is 16.9. The van der Waals surface area contributed by atoms with E-state index in [9.17, 15) is 4.79 Å². The summed E-state index contributed by atoms with van der Waals surface area (Å²) in [6.45, 7) is 2.27. The third kappa shape index (κ3) is 3.40. The van der Waals surface area contributed by atoms with Gasteiger partial charge in [0.05, 0.1) is 5.75 Å². The van der Waals surface area contributed by atoms with Crippen molar-refractivity contribution in [3.8, 4) is 0 Å². The highest BCUT2D eigenvalue weighted by molar-refractivity contribution is 8.00. The van der Waals surface area contributed by atoms with Crippen molar-refractivity contribution in [3.05, 3.63) is 42.5 Å². The number of nitrogens with one attached hydrogen (secondary N) is 1.